The highest BCUT2D eigenvalue weighted by molar-refractivity contribution is 8.00. The number of hydrogen-bond donors (Lipinski definition) is 3. The predicted molar refractivity (Wildman–Crippen MR) is 163 cm³/mol. The van der Waals surface area contributed by atoms with Gasteiger partial charge < -0.3 is 20.7 Å². The SMILES string of the molecule is CCC(Sc1cccc(NC(=O)/C(=C\c2ccc(OC)cc2)NC(=O)c2ccccc2)c1)C(=O)Nc1ccccn1. The molecule has 1 aromatic heterocycles. The summed E-state index contributed by atoms with van der Waals surface area (Å²) < 4.78 is 5.21. The lowest BCUT2D eigenvalue weighted by Crippen LogP contribution is -2.30. The highest BCUT2D eigenvalue weighted by Crippen LogP contribution is 2.28. The van der Waals surface area contributed by atoms with Gasteiger partial charge in [0, 0.05) is 22.3 Å². The number of nitrogens with zero attached hydrogens (tertiary/aromatic N) is 1. The van der Waals surface area contributed by atoms with Gasteiger partial charge in [-0.1, -0.05) is 49.4 Å². The van der Waals surface area contributed by atoms with Crippen molar-refractivity contribution in [1.82, 2.24) is 10.3 Å². The van der Waals surface area contributed by atoms with Crippen LogP contribution in [0.3, 0.4) is 0 Å². The molecule has 0 bridgehead atoms. The molecule has 0 fully saturated rings. The smallest absolute Gasteiger partial charge is 0.272 e. The number of anilines is 2. The Labute approximate surface area is 243 Å². The van der Waals surface area contributed by atoms with Gasteiger partial charge in [-0.05, 0) is 72.7 Å². The summed E-state index contributed by atoms with van der Waals surface area (Å²) >= 11 is 1.39. The van der Waals surface area contributed by atoms with Crippen LogP contribution in [0, 0.1) is 0 Å². The Morgan fingerprint density at radius 2 is 1.66 bits per heavy atom. The van der Waals surface area contributed by atoms with E-state index in [0.717, 1.165) is 4.90 Å². The molecular formula is C32H30N4O4S. The lowest BCUT2D eigenvalue weighted by Gasteiger charge is -2.15. The zero-order valence-electron chi connectivity index (χ0n) is 22.7. The molecule has 0 radical (unpaired) electrons. The van der Waals surface area contributed by atoms with E-state index in [4.69, 9.17) is 4.74 Å². The first kappa shape index (κ1) is 29.1. The number of thioether (sulfide) groups is 1. The molecule has 3 N–H and O–H groups in total. The molecule has 208 valence electrons. The summed E-state index contributed by atoms with van der Waals surface area (Å²) in [5.74, 6) is 0.113. The number of nitrogens with one attached hydrogen (secondary N) is 3. The minimum absolute atomic E-state index is 0.0725. The Morgan fingerprint density at radius 3 is 2.34 bits per heavy atom. The number of methoxy groups -OCH3 is 1. The Kier molecular flexibility index (Phi) is 10.3. The largest absolute Gasteiger partial charge is 0.497 e. The maximum absolute atomic E-state index is 13.4. The molecule has 0 aliphatic rings. The fraction of sp³-hybridized carbons (Fsp3) is 0.125. The van der Waals surface area contributed by atoms with Crippen molar-refractivity contribution in [2.75, 3.05) is 17.7 Å². The van der Waals surface area contributed by atoms with Gasteiger partial charge in [-0.15, -0.1) is 11.8 Å². The first-order valence-electron chi connectivity index (χ1n) is 13.0. The normalized spacial score (nSPS) is 11.7. The van der Waals surface area contributed by atoms with Crippen LogP contribution in [0.15, 0.2) is 114 Å². The Bertz CT molecular complexity index is 1510. The number of rotatable bonds is 11. The summed E-state index contributed by atoms with van der Waals surface area (Å²) in [7, 11) is 1.58. The topological polar surface area (TPSA) is 109 Å². The van der Waals surface area contributed by atoms with Gasteiger partial charge in [0.05, 0.1) is 12.4 Å². The number of carbonyl (C=O) groups excluding carboxylic acids is 3. The highest BCUT2D eigenvalue weighted by atomic mass is 32.2. The lowest BCUT2D eigenvalue weighted by atomic mass is 10.1. The van der Waals surface area contributed by atoms with Crippen LogP contribution in [-0.4, -0.2) is 35.1 Å². The van der Waals surface area contributed by atoms with Crippen molar-refractivity contribution in [3.05, 3.63) is 120 Å². The van der Waals surface area contributed by atoms with Crippen molar-refractivity contribution in [2.24, 2.45) is 0 Å². The van der Waals surface area contributed by atoms with E-state index in [0.29, 0.717) is 34.8 Å². The molecule has 9 heteroatoms. The molecule has 1 atom stereocenters. The maximum atomic E-state index is 13.4. The quantitative estimate of drug-likeness (QED) is 0.152. The second-order valence-corrected chi connectivity index (χ2v) is 10.1. The summed E-state index contributed by atoms with van der Waals surface area (Å²) in [6, 6.07) is 28.4. The summed E-state index contributed by atoms with van der Waals surface area (Å²) in [6.07, 6.45) is 3.82. The third-order valence-electron chi connectivity index (χ3n) is 5.91. The molecule has 1 heterocycles. The summed E-state index contributed by atoms with van der Waals surface area (Å²) in [5.41, 5.74) is 1.73. The Morgan fingerprint density at radius 1 is 0.902 bits per heavy atom. The number of pyridine rings is 1. The third-order valence-corrected chi connectivity index (χ3v) is 7.26. The number of aromatic nitrogens is 1. The molecule has 0 saturated carbocycles. The summed E-state index contributed by atoms with van der Waals surface area (Å²) in [6.45, 7) is 1.94. The molecule has 0 aliphatic heterocycles. The molecule has 8 nitrogen and oxygen atoms in total. The molecule has 4 aromatic rings. The van der Waals surface area contributed by atoms with Crippen LogP contribution in [0.5, 0.6) is 5.75 Å². The Balaban J connectivity index is 1.50. The van der Waals surface area contributed by atoms with Crippen LogP contribution >= 0.6 is 11.8 Å². The minimum Gasteiger partial charge on any atom is -0.497 e. The third kappa shape index (κ3) is 8.55. The second-order valence-electron chi connectivity index (χ2n) is 8.85. The lowest BCUT2D eigenvalue weighted by molar-refractivity contribution is -0.116. The first-order valence-corrected chi connectivity index (χ1v) is 13.8. The average molecular weight is 567 g/mol. The van der Waals surface area contributed by atoms with Crippen LogP contribution in [0.1, 0.15) is 29.3 Å². The summed E-state index contributed by atoms with van der Waals surface area (Å²) in [4.78, 5) is 44.1. The predicted octanol–water partition coefficient (Wildman–Crippen LogP) is 6.01. The van der Waals surface area contributed by atoms with E-state index in [1.807, 2.05) is 25.1 Å². The van der Waals surface area contributed by atoms with Crippen LogP contribution in [-0.2, 0) is 9.59 Å². The van der Waals surface area contributed by atoms with Crippen LogP contribution < -0.4 is 20.7 Å². The molecule has 1 unspecified atom stereocenters. The van der Waals surface area contributed by atoms with Crippen molar-refractivity contribution < 1.29 is 19.1 Å². The number of hydrogen-bond acceptors (Lipinski definition) is 6. The molecule has 0 saturated heterocycles. The van der Waals surface area contributed by atoms with E-state index in [-0.39, 0.29) is 16.9 Å². The van der Waals surface area contributed by atoms with Gasteiger partial charge in [0.15, 0.2) is 0 Å². The van der Waals surface area contributed by atoms with Crippen LogP contribution in [0.4, 0.5) is 11.5 Å². The van der Waals surface area contributed by atoms with Crippen molar-refractivity contribution in [1.29, 1.82) is 0 Å². The average Bonchev–Trinajstić information content (AvgIpc) is 3.01. The standard InChI is InChI=1S/C32H30N4O4S/c1-3-28(32(39)36-29-14-7-8-19-33-29)41-26-13-9-12-24(21-26)34-31(38)27(20-22-15-17-25(40-2)18-16-22)35-30(37)23-10-5-4-6-11-23/h4-21,28H,3H2,1-2H3,(H,34,38)(H,35,37)(H,33,36,39)/b27-20+. The minimum atomic E-state index is -0.493. The van der Waals surface area contributed by atoms with Crippen LogP contribution in [0.2, 0.25) is 0 Å². The van der Waals surface area contributed by atoms with Crippen molar-refractivity contribution in [3.63, 3.8) is 0 Å². The fourth-order valence-corrected chi connectivity index (χ4v) is 4.80. The van der Waals surface area contributed by atoms with E-state index in [9.17, 15) is 14.4 Å². The van der Waals surface area contributed by atoms with E-state index < -0.39 is 11.8 Å². The molecule has 0 aliphatic carbocycles. The number of carbonyl (C=O) groups is 3. The van der Waals surface area contributed by atoms with Crippen molar-refractivity contribution in [3.8, 4) is 5.75 Å². The zero-order valence-corrected chi connectivity index (χ0v) is 23.5. The molecule has 41 heavy (non-hydrogen) atoms. The molecule has 3 aromatic carbocycles. The summed E-state index contributed by atoms with van der Waals surface area (Å²) in [5, 5.41) is 8.09. The van der Waals surface area contributed by atoms with Crippen LogP contribution in [0.25, 0.3) is 6.08 Å². The molecule has 3 amide bonds. The molecular weight excluding hydrogens is 536 g/mol. The van der Waals surface area contributed by atoms with Gasteiger partial charge in [0.25, 0.3) is 11.8 Å². The van der Waals surface area contributed by atoms with Crippen molar-refractivity contribution in [2.45, 2.75) is 23.5 Å². The maximum Gasteiger partial charge on any atom is 0.272 e. The monoisotopic (exact) mass is 566 g/mol. The van der Waals surface area contributed by atoms with Crippen molar-refractivity contribution >= 4 is 47.1 Å². The molecule has 4 rings (SSSR count). The van der Waals surface area contributed by atoms with E-state index in [1.54, 1.807) is 98.2 Å². The number of amides is 3. The van der Waals surface area contributed by atoms with Gasteiger partial charge in [-0.3, -0.25) is 14.4 Å². The van der Waals surface area contributed by atoms with Gasteiger partial charge in [-0.25, -0.2) is 4.98 Å². The molecule has 0 spiro atoms. The van der Waals surface area contributed by atoms with E-state index in [2.05, 4.69) is 20.9 Å². The van der Waals surface area contributed by atoms with Gasteiger partial charge in [-0.2, -0.15) is 0 Å². The van der Waals surface area contributed by atoms with Gasteiger partial charge >= 0.3 is 0 Å². The highest BCUT2D eigenvalue weighted by Gasteiger charge is 2.19. The zero-order chi connectivity index (χ0) is 29.0. The van der Waals surface area contributed by atoms with Gasteiger partial charge in [0.1, 0.15) is 17.3 Å². The Hall–Kier alpha value is -4.89. The van der Waals surface area contributed by atoms with E-state index >= 15 is 0 Å². The number of benzene rings is 3. The second kappa shape index (κ2) is 14.5. The van der Waals surface area contributed by atoms with E-state index in [1.165, 1.54) is 11.8 Å². The number of ether oxygens (including phenoxy) is 1. The van der Waals surface area contributed by atoms with Gasteiger partial charge in [0.2, 0.25) is 5.91 Å². The fourth-order valence-electron chi connectivity index (χ4n) is 3.78. The first-order chi connectivity index (χ1) is 19.9.